The molecule has 1 heterocycles. The molecule has 0 amide bonds. The SMILES string of the molecule is Fc1cccc(NC2CCc3cccnc32)c1. The highest BCUT2D eigenvalue weighted by molar-refractivity contribution is 5.46. The minimum atomic E-state index is -0.214. The van der Waals surface area contributed by atoms with Crippen molar-refractivity contribution in [2.24, 2.45) is 0 Å². The maximum atomic E-state index is 13.1. The molecular weight excluding hydrogens is 215 g/mol. The van der Waals surface area contributed by atoms with Crippen LogP contribution in [-0.4, -0.2) is 4.98 Å². The largest absolute Gasteiger partial charge is 0.377 e. The van der Waals surface area contributed by atoms with E-state index in [0.29, 0.717) is 0 Å². The first-order chi connectivity index (χ1) is 8.33. The van der Waals surface area contributed by atoms with Crippen LogP contribution in [0.25, 0.3) is 0 Å². The minimum absolute atomic E-state index is 0.202. The Labute approximate surface area is 99.5 Å². The summed E-state index contributed by atoms with van der Waals surface area (Å²) < 4.78 is 13.1. The molecule has 2 aromatic rings. The topological polar surface area (TPSA) is 24.9 Å². The van der Waals surface area contributed by atoms with Gasteiger partial charge >= 0.3 is 0 Å². The average molecular weight is 228 g/mol. The van der Waals surface area contributed by atoms with Crippen molar-refractivity contribution in [3.63, 3.8) is 0 Å². The normalized spacial score (nSPS) is 17.8. The molecule has 1 atom stereocenters. The summed E-state index contributed by atoms with van der Waals surface area (Å²) in [6.07, 6.45) is 3.86. The van der Waals surface area contributed by atoms with Gasteiger partial charge in [-0.2, -0.15) is 0 Å². The fourth-order valence-electron chi connectivity index (χ4n) is 2.33. The number of fused-ring (bicyclic) bond motifs is 1. The summed E-state index contributed by atoms with van der Waals surface area (Å²) in [5, 5.41) is 3.34. The van der Waals surface area contributed by atoms with Crippen molar-refractivity contribution in [2.75, 3.05) is 5.32 Å². The molecule has 0 spiro atoms. The van der Waals surface area contributed by atoms with E-state index in [-0.39, 0.29) is 11.9 Å². The van der Waals surface area contributed by atoms with Gasteiger partial charge in [-0.3, -0.25) is 4.98 Å². The third-order valence-electron chi connectivity index (χ3n) is 3.12. The molecule has 2 nitrogen and oxygen atoms in total. The lowest BCUT2D eigenvalue weighted by atomic mass is 10.2. The Morgan fingerprint density at radius 3 is 3.06 bits per heavy atom. The molecule has 1 aromatic heterocycles. The van der Waals surface area contributed by atoms with Gasteiger partial charge in [0.15, 0.2) is 0 Å². The van der Waals surface area contributed by atoms with E-state index < -0.39 is 0 Å². The Hall–Kier alpha value is -1.90. The zero-order valence-corrected chi connectivity index (χ0v) is 9.36. The lowest BCUT2D eigenvalue weighted by molar-refractivity contribution is 0.627. The lowest BCUT2D eigenvalue weighted by Gasteiger charge is -2.14. The number of rotatable bonds is 2. The Morgan fingerprint density at radius 1 is 1.24 bits per heavy atom. The van der Waals surface area contributed by atoms with E-state index in [1.165, 1.54) is 17.7 Å². The third kappa shape index (κ3) is 2.00. The fourth-order valence-corrected chi connectivity index (χ4v) is 2.33. The van der Waals surface area contributed by atoms with Crippen LogP contribution in [0, 0.1) is 5.82 Å². The first-order valence-electron chi connectivity index (χ1n) is 5.79. The molecule has 1 unspecified atom stereocenters. The number of pyridine rings is 1. The van der Waals surface area contributed by atoms with E-state index >= 15 is 0 Å². The maximum absolute atomic E-state index is 13.1. The van der Waals surface area contributed by atoms with Gasteiger partial charge in [0.25, 0.3) is 0 Å². The number of aromatic nitrogens is 1. The van der Waals surface area contributed by atoms with Gasteiger partial charge in [0, 0.05) is 11.9 Å². The molecule has 0 bridgehead atoms. The van der Waals surface area contributed by atoms with Crippen LogP contribution in [0.4, 0.5) is 10.1 Å². The van der Waals surface area contributed by atoms with Crippen LogP contribution in [0.1, 0.15) is 23.7 Å². The van der Waals surface area contributed by atoms with Crippen LogP contribution in [0.2, 0.25) is 0 Å². The summed E-state index contributed by atoms with van der Waals surface area (Å²) in [7, 11) is 0. The molecule has 3 heteroatoms. The maximum Gasteiger partial charge on any atom is 0.125 e. The second-order valence-corrected chi connectivity index (χ2v) is 4.29. The summed E-state index contributed by atoms with van der Waals surface area (Å²) >= 11 is 0. The first-order valence-corrected chi connectivity index (χ1v) is 5.79. The van der Waals surface area contributed by atoms with Crippen molar-refractivity contribution in [1.29, 1.82) is 0 Å². The van der Waals surface area contributed by atoms with Crippen LogP contribution < -0.4 is 5.32 Å². The number of nitrogens with one attached hydrogen (secondary N) is 1. The highest BCUT2D eigenvalue weighted by atomic mass is 19.1. The zero-order chi connectivity index (χ0) is 11.7. The molecule has 1 aliphatic rings. The van der Waals surface area contributed by atoms with E-state index in [1.54, 1.807) is 6.07 Å². The standard InChI is InChI=1S/C14H13FN2/c15-11-4-1-5-12(9-11)17-13-7-6-10-3-2-8-16-14(10)13/h1-5,8-9,13,17H,6-7H2. The van der Waals surface area contributed by atoms with Gasteiger partial charge in [-0.15, -0.1) is 0 Å². The third-order valence-corrected chi connectivity index (χ3v) is 3.12. The van der Waals surface area contributed by atoms with Crippen LogP contribution in [0.3, 0.4) is 0 Å². The van der Waals surface area contributed by atoms with Crippen molar-refractivity contribution in [3.8, 4) is 0 Å². The van der Waals surface area contributed by atoms with Crippen LogP contribution in [0.5, 0.6) is 0 Å². The van der Waals surface area contributed by atoms with Crippen LogP contribution >= 0.6 is 0 Å². The Morgan fingerprint density at radius 2 is 2.18 bits per heavy atom. The van der Waals surface area contributed by atoms with E-state index in [0.717, 1.165) is 24.2 Å². The number of nitrogens with zero attached hydrogens (tertiary/aromatic N) is 1. The number of hydrogen-bond acceptors (Lipinski definition) is 2. The van der Waals surface area contributed by atoms with Crippen LogP contribution in [0.15, 0.2) is 42.6 Å². The van der Waals surface area contributed by atoms with Crippen molar-refractivity contribution in [2.45, 2.75) is 18.9 Å². The number of benzene rings is 1. The number of aryl methyl sites for hydroxylation is 1. The van der Waals surface area contributed by atoms with Gasteiger partial charge < -0.3 is 5.32 Å². The summed E-state index contributed by atoms with van der Waals surface area (Å²) in [5.74, 6) is -0.214. The molecule has 1 N–H and O–H groups in total. The molecule has 17 heavy (non-hydrogen) atoms. The summed E-state index contributed by atoms with van der Waals surface area (Å²) in [6.45, 7) is 0. The number of halogens is 1. The quantitative estimate of drug-likeness (QED) is 0.852. The smallest absolute Gasteiger partial charge is 0.125 e. The molecule has 0 saturated heterocycles. The van der Waals surface area contributed by atoms with Gasteiger partial charge in [0.05, 0.1) is 11.7 Å². The predicted molar refractivity (Wildman–Crippen MR) is 65.3 cm³/mol. The summed E-state index contributed by atoms with van der Waals surface area (Å²) in [4.78, 5) is 4.40. The Bertz CT molecular complexity index is 539. The van der Waals surface area contributed by atoms with Gasteiger partial charge in [-0.05, 0) is 42.7 Å². The molecule has 86 valence electrons. The fraction of sp³-hybridized carbons (Fsp3) is 0.214. The molecule has 0 fully saturated rings. The van der Waals surface area contributed by atoms with E-state index in [4.69, 9.17) is 0 Å². The monoisotopic (exact) mass is 228 g/mol. The predicted octanol–water partition coefficient (Wildman–Crippen LogP) is 3.32. The molecule has 0 aliphatic heterocycles. The Kier molecular flexibility index (Phi) is 2.52. The molecule has 1 aliphatic carbocycles. The number of hydrogen-bond donors (Lipinski definition) is 1. The molecule has 0 radical (unpaired) electrons. The van der Waals surface area contributed by atoms with Gasteiger partial charge in [0.1, 0.15) is 5.82 Å². The second-order valence-electron chi connectivity index (χ2n) is 4.29. The summed E-state index contributed by atoms with van der Waals surface area (Å²) in [6, 6.07) is 10.8. The number of anilines is 1. The Balaban J connectivity index is 1.84. The van der Waals surface area contributed by atoms with Crippen LogP contribution in [-0.2, 0) is 6.42 Å². The van der Waals surface area contributed by atoms with Gasteiger partial charge in [0.2, 0.25) is 0 Å². The molecule has 3 rings (SSSR count). The van der Waals surface area contributed by atoms with Crippen molar-refractivity contribution in [3.05, 3.63) is 59.7 Å². The molecule has 1 aromatic carbocycles. The van der Waals surface area contributed by atoms with Gasteiger partial charge in [-0.1, -0.05) is 12.1 Å². The molecular formula is C14H13FN2. The zero-order valence-electron chi connectivity index (χ0n) is 9.36. The van der Waals surface area contributed by atoms with Crippen molar-refractivity contribution < 1.29 is 4.39 Å². The second kappa shape index (κ2) is 4.17. The molecule has 0 saturated carbocycles. The first kappa shape index (κ1) is 10.3. The van der Waals surface area contributed by atoms with Crippen molar-refractivity contribution in [1.82, 2.24) is 4.98 Å². The average Bonchev–Trinajstić information content (AvgIpc) is 2.73. The van der Waals surface area contributed by atoms with E-state index in [9.17, 15) is 4.39 Å². The summed E-state index contributed by atoms with van der Waals surface area (Å²) in [5.41, 5.74) is 3.20. The van der Waals surface area contributed by atoms with E-state index in [1.807, 2.05) is 18.3 Å². The highest BCUT2D eigenvalue weighted by Gasteiger charge is 2.23. The minimum Gasteiger partial charge on any atom is -0.377 e. The van der Waals surface area contributed by atoms with E-state index in [2.05, 4.69) is 16.4 Å². The van der Waals surface area contributed by atoms with Gasteiger partial charge in [-0.25, -0.2) is 4.39 Å². The van der Waals surface area contributed by atoms with Crippen molar-refractivity contribution >= 4 is 5.69 Å². The lowest BCUT2D eigenvalue weighted by Crippen LogP contribution is -2.08. The highest BCUT2D eigenvalue weighted by Crippen LogP contribution is 2.31.